The number of esters is 1. The van der Waals surface area contributed by atoms with Crippen molar-refractivity contribution < 1.29 is 18.7 Å². The molecule has 1 aromatic carbocycles. The lowest BCUT2D eigenvalue weighted by atomic mass is 9.86. The molecule has 4 atom stereocenters. The van der Waals surface area contributed by atoms with Crippen molar-refractivity contribution in [3.63, 3.8) is 0 Å². The summed E-state index contributed by atoms with van der Waals surface area (Å²) in [5.41, 5.74) is 3.84. The molecule has 2 aliphatic rings. The molecule has 1 aromatic rings. The molecule has 1 aliphatic heterocycles. The molecular weight excluding hydrogens is 404 g/mol. The zero-order valence-corrected chi connectivity index (χ0v) is 21.6. The molecule has 1 aliphatic carbocycles. The zero-order valence-electron chi connectivity index (χ0n) is 20.6. The Kier molecular flexibility index (Phi) is 7.07. The van der Waals surface area contributed by atoms with Crippen molar-refractivity contribution in [3.8, 4) is 5.75 Å². The Bertz CT molecular complexity index is 832. The second-order valence-electron chi connectivity index (χ2n) is 10.9. The van der Waals surface area contributed by atoms with Crippen LogP contribution in [0, 0.1) is 5.92 Å². The van der Waals surface area contributed by atoms with Crippen LogP contribution >= 0.6 is 0 Å². The van der Waals surface area contributed by atoms with Crippen LogP contribution in [-0.4, -0.2) is 33.6 Å². The van der Waals surface area contributed by atoms with Crippen molar-refractivity contribution in [3.05, 3.63) is 41.0 Å². The predicted octanol–water partition coefficient (Wildman–Crippen LogP) is 6.40. The van der Waals surface area contributed by atoms with Crippen molar-refractivity contribution in [2.75, 3.05) is 7.11 Å². The molecule has 1 heterocycles. The number of hydrogen-bond acceptors (Lipinski definition) is 4. The van der Waals surface area contributed by atoms with Gasteiger partial charge in [0.05, 0.1) is 13.2 Å². The summed E-state index contributed by atoms with van der Waals surface area (Å²) in [6.45, 7) is 15.9. The molecule has 0 N–H and O–H groups in total. The molecule has 3 rings (SSSR count). The third-order valence-electron chi connectivity index (χ3n) is 7.30. The fraction of sp³-hybridized carbons (Fsp3) is 0.654. The largest absolute Gasteiger partial charge is 0.489 e. The minimum Gasteiger partial charge on any atom is -0.489 e. The van der Waals surface area contributed by atoms with Gasteiger partial charge in [0.1, 0.15) is 11.9 Å². The molecule has 0 aromatic heterocycles. The van der Waals surface area contributed by atoms with Crippen LogP contribution in [0.4, 0.5) is 0 Å². The van der Waals surface area contributed by atoms with Crippen molar-refractivity contribution in [1.29, 1.82) is 0 Å². The standard InChI is InChI=1S/C26H40O4Si/c1-17(2)15-20-21(30-31(7,8)26(3,4)5)16-22-24(20)19-13-9-11-18(25(19)29-22)12-10-14-23(27)28-6/h9,11,13,15,20-22,24H,10,12,14,16H2,1-8H3/t20-,21+,22-,24+/m0/s1. The van der Waals surface area contributed by atoms with E-state index in [-0.39, 0.29) is 23.2 Å². The fourth-order valence-corrected chi connectivity index (χ4v) is 6.07. The van der Waals surface area contributed by atoms with Crippen LogP contribution in [-0.2, 0) is 20.4 Å². The lowest BCUT2D eigenvalue weighted by molar-refractivity contribution is -0.140. The Morgan fingerprint density at radius 3 is 2.58 bits per heavy atom. The molecule has 0 unspecified atom stereocenters. The summed E-state index contributed by atoms with van der Waals surface area (Å²) >= 11 is 0. The SMILES string of the molecule is COC(=O)CCCc1cccc2c1O[C@H]1C[C@@H](O[Si](C)(C)C(C)(C)C)[C@H](C=C(C)C)[C@@H]21. The van der Waals surface area contributed by atoms with E-state index in [1.54, 1.807) is 0 Å². The molecule has 31 heavy (non-hydrogen) atoms. The van der Waals surface area contributed by atoms with Gasteiger partial charge >= 0.3 is 5.97 Å². The minimum atomic E-state index is -1.87. The van der Waals surface area contributed by atoms with Crippen LogP contribution in [0.5, 0.6) is 5.75 Å². The summed E-state index contributed by atoms with van der Waals surface area (Å²) in [5.74, 6) is 1.55. The van der Waals surface area contributed by atoms with Crippen molar-refractivity contribution >= 4 is 14.3 Å². The first-order valence-corrected chi connectivity index (χ1v) is 14.5. The van der Waals surface area contributed by atoms with Gasteiger partial charge in [0.2, 0.25) is 0 Å². The first kappa shape index (κ1) is 24.1. The van der Waals surface area contributed by atoms with Crippen LogP contribution < -0.4 is 4.74 Å². The molecule has 1 fully saturated rings. The number of para-hydroxylation sites is 1. The minimum absolute atomic E-state index is 0.153. The Morgan fingerprint density at radius 1 is 1.26 bits per heavy atom. The number of aryl methyl sites for hydroxylation is 1. The summed E-state index contributed by atoms with van der Waals surface area (Å²) in [6.07, 6.45) is 5.74. The maximum absolute atomic E-state index is 11.5. The van der Waals surface area contributed by atoms with Crippen LogP contribution in [0.25, 0.3) is 0 Å². The number of hydrogen-bond donors (Lipinski definition) is 0. The zero-order chi connectivity index (χ0) is 23.0. The molecule has 0 saturated heterocycles. The molecule has 5 heteroatoms. The van der Waals surface area contributed by atoms with Crippen molar-refractivity contribution in [2.45, 2.75) is 96.6 Å². The molecule has 0 bridgehead atoms. The number of carbonyl (C=O) groups excluding carboxylic acids is 1. The molecule has 0 radical (unpaired) electrons. The molecule has 172 valence electrons. The highest BCUT2D eigenvalue weighted by atomic mass is 28.4. The summed E-state index contributed by atoms with van der Waals surface area (Å²) < 4.78 is 18.3. The summed E-state index contributed by atoms with van der Waals surface area (Å²) in [7, 11) is -0.431. The molecule has 4 nitrogen and oxygen atoms in total. The van der Waals surface area contributed by atoms with E-state index in [1.807, 2.05) is 0 Å². The summed E-state index contributed by atoms with van der Waals surface area (Å²) in [6, 6.07) is 6.50. The summed E-state index contributed by atoms with van der Waals surface area (Å²) in [4.78, 5) is 11.5. The maximum Gasteiger partial charge on any atom is 0.305 e. The van der Waals surface area contributed by atoms with E-state index in [0.29, 0.717) is 18.3 Å². The number of allylic oxidation sites excluding steroid dienone is 1. The Morgan fingerprint density at radius 2 is 1.97 bits per heavy atom. The lowest BCUT2D eigenvalue weighted by Gasteiger charge is -2.40. The third kappa shape index (κ3) is 5.09. The highest BCUT2D eigenvalue weighted by Gasteiger charge is 2.52. The monoisotopic (exact) mass is 444 g/mol. The predicted molar refractivity (Wildman–Crippen MR) is 128 cm³/mol. The van der Waals surface area contributed by atoms with Crippen molar-refractivity contribution in [1.82, 2.24) is 0 Å². The van der Waals surface area contributed by atoms with E-state index in [2.05, 4.69) is 72.0 Å². The summed E-state index contributed by atoms with van der Waals surface area (Å²) in [5, 5.41) is 0.186. The van der Waals surface area contributed by atoms with Gasteiger partial charge in [-0.1, -0.05) is 50.6 Å². The number of carbonyl (C=O) groups is 1. The Balaban J connectivity index is 1.85. The van der Waals surface area contributed by atoms with Gasteiger partial charge in [-0.05, 0) is 50.4 Å². The highest BCUT2D eigenvalue weighted by Crippen LogP contribution is 2.54. The smallest absolute Gasteiger partial charge is 0.305 e. The van der Waals surface area contributed by atoms with Gasteiger partial charge < -0.3 is 13.9 Å². The third-order valence-corrected chi connectivity index (χ3v) is 11.8. The number of methoxy groups -OCH3 is 1. The number of benzene rings is 1. The number of ether oxygens (including phenoxy) is 2. The van der Waals surface area contributed by atoms with E-state index in [4.69, 9.17) is 13.9 Å². The second kappa shape index (κ2) is 9.11. The van der Waals surface area contributed by atoms with Crippen LogP contribution in [0.3, 0.4) is 0 Å². The van der Waals surface area contributed by atoms with Crippen LogP contribution in [0.1, 0.15) is 70.9 Å². The van der Waals surface area contributed by atoms with E-state index in [9.17, 15) is 4.79 Å². The molecule has 0 spiro atoms. The normalized spacial score (nSPS) is 24.9. The molecule has 0 amide bonds. The number of fused-ring (bicyclic) bond motifs is 3. The quantitative estimate of drug-likeness (QED) is 0.277. The average molecular weight is 445 g/mol. The fourth-order valence-electron chi connectivity index (χ4n) is 4.70. The maximum atomic E-state index is 11.5. The van der Waals surface area contributed by atoms with E-state index in [1.165, 1.54) is 23.8 Å². The van der Waals surface area contributed by atoms with E-state index >= 15 is 0 Å². The van der Waals surface area contributed by atoms with Crippen LogP contribution in [0.2, 0.25) is 18.1 Å². The second-order valence-corrected chi connectivity index (χ2v) is 15.7. The van der Waals surface area contributed by atoms with Gasteiger partial charge in [-0.25, -0.2) is 0 Å². The van der Waals surface area contributed by atoms with Gasteiger partial charge in [0, 0.05) is 30.2 Å². The average Bonchev–Trinajstić information content (AvgIpc) is 3.17. The van der Waals surface area contributed by atoms with Gasteiger partial charge in [-0.2, -0.15) is 0 Å². The topological polar surface area (TPSA) is 44.8 Å². The van der Waals surface area contributed by atoms with E-state index in [0.717, 1.165) is 25.0 Å². The van der Waals surface area contributed by atoms with Gasteiger partial charge in [-0.3, -0.25) is 4.79 Å². The van der Waals surface area contributed by atoms with Gasteiger partial charge in [0.15, 0.2) is 8.32 Å². The first-order valence-electron chi connectivity index (χ1n) is 11.6. The molecular formula is C26H40O4Si. The Labute approximate surface area is 189 Å². The van der Waals surface area contributed by atoms with Gasteiger partial charge in [-0.15, -0.1) is 0 Å². The van der Waals surface area contributed by atoms with E-state index < -0.39 is 8.32 Å². The van der Waals surface area contributed by atoms with Crippen LogP contribution in [0.15, 0.2) is 29.8 Å². The van der Waals surface area contributed by atoms with Crippen molar-refractivity contribution in [2.24, 2.45) is 5.92 Å². The highest BCUT2D eigenvalue weighted by molar-refractivity contribution is 6.74. The number of rotatable bonds is 7. The first-order chi connectivity index (χ1) is 14.4. The Hall–Kier alpha value is -1.59. The molecule has 1 saturated carbocycles. The lowest BCUT2D eigenvalue weighted by Crippen LogP contribution is -2.45. The van der Waals surface area contributed by atoms with Gasteiger partial charge in [0.25, 0.3) is 0 Å².